The third-order valence-electron chi connectivity index (χ3n) is 6.23. The molecule has 1 saturated heterocycles. The average Bonchev–Trinajstić information content (AvgIpc) is 3.42. The van der Waals surface area contributed by atoms with Crippen molar-refractivity contribution >= 4 is 45.6 Å². The van der Waals surface area contributed by atoms with Gasteiger partial charge in [-0.3, -0.25) is 14.5 Å². The first kappa shape index (κ1) is 23.3. The summed E-state index contributed by atoms with van der Waals surface area (Å²) in [4.78, 5) is 31.2. The van der Waals surface area contributed by atoms with Gasteiger partial charge in [0.1, 0.15) is 23.0 Å². The number of nitrogens with zero attached hydrogens (tertiary/aromatic N) is 1. The van der Waals surface area contributed by atoms with Crippen molar-refractivity contribution in [2.45, 2.75) is 6.04 Å². The minimum atomic E-state index is -1.05. The number of amides is 1. The molecule has 1 atom stereocenters. The maximum Gasteiger partial charge on any atom is 0.300 e. The van der Waals surface area contributed by atoms with E-state index in [1.54, 1.807) is 18.3 Å². The number of rotatable bonds is 5. The summed E-state index contributed by atoms with van der Waals surface area (Å²) in [6, 6.07) is 15.5. The van der Waals surface area contributed by atoms with Gasteiger partial charge in [0.2, 0.25) is 0 Å². The Balaban J connectivity index is 1.83. The summed E-state index contributed by atoms with van der Waals surface area (Å²) in [7, 11) is 2.81. The number of methoxy groups -OCH3 is 2. The number of benzene rings is 3. The van der Waals surface area contributed by atoms with E-state index in [0.29, 0.717) is 5.56 Å². The van der Waals surface area contributed by atoms with Gasteiger partial charge in [0.05, 0.1) is 42.1 Å². The standard InChI is InChI=1S/C27H21ClN2O6/c1-35-21-12-17(28)22(36-2)11-15(21)25(32)23-24(16-13-29-18-8-4-3-7-14(16)18)30(27(34)26(23)33)19-9-5-6-10-20(19)31/h3-13,24,29,31-32H,1-2H3/b25-23+. The van der Waals surface area contributed by atoms with Crippen molar-refractivity contribution in [3.8, 4) is 17.2 Å². The number of para-hydroxylation sites is 3. The average molecular weight is 505 g/mol. The maximum atomic E-state index is 13.5. The number of H-pyrrole nitrogens is 1. The molecule has 8 nitrogen and oxygen atoms in total. The van der Waals surface area contributed by atoms with Crippen LogP contribution in [0.5, 0.6) is 17.2 Å². The number of hydrogen-bond donors (Lipinski definition) is 3. The number of phenolic OH excluding ortho intramolecular Hbond substituents is 1. The molecule has 0 spiro atoms. The van der Waals surface area contributed by atoms with Crippen molar-refractivity contribution in [1.82, 2.24) is 4.98 Å². The number of carbonyl (C=O) groups excluding carboxylic acids is 2. The largest absolute Gasteiger partial charge is 0.507 e. The second-order valence-electron chi connectivity index (χ2n) is 8.13. The molecule has 1 aromatic heterocycles. The van der Waals surface area contributed by atoms with Crippen molar-refractivity contribution in [2.75, 3.05) is 19.1 Å². The molecule has 1 aliphatic heterocycles. The summed E-state index contributed by atoms with van der Waals surface area (Å²) < 4.78 is 10.7. The fourth-order valence-corrected chi connectivity index (χ4v) is 4.78. The van der Waals surface area contributed by atoms with Crippen LogP contribution in [0.1, 0.15) is 17.2 Å². The molecule has 1 aliphatic rings. The highest BCUT2D eigenvalue weighted by Gasteiger charge is 2.48. The third kappa shape index (κ3) is 3.54. The number of aliphatic hydroxyl groups is 1. The molecule has 4 aromatic rings. The van der Waals surface area contributed by atoms with Crippen molar-refractivity contribution in [3.05, 3.63) is 88.6 Å². The lowest BCUT2D eigenvalue weighted by Crippen LogP contribution is -2.29. The zero-order valence-electron chi connectivity index (χ0n) is 19.3. The topological polar surface area (TPSA) is 112 Å². The number of ether oxygens (including phenoxy) is 2. The van der Waals surface area contributed by atoms with Gasteiger partial charge in [-0.2, -0.15) is 0 Å². The molecule has 1 fully saturated rings. The first-order chi connectivity index (χ1) is 17.4. The lowest BCUT2D eigenvalue weighted by Gasteiger charge is -2.25. The number of aromatic hydroxyl groups is 1. The molecule has 0 saturated carbocycles. The molecular weight excluding hydrogens is 484 g/mol. The van der Waals surface area contributed by atoms with Gasteiger partial charge < -0.3 is 24.7 Å². The summed E-state index contributed by atoms with van der Waals surface area (Å²) in [5.74, 6) is -2.03. The van der Waals surface area contributed by atoms with Gasteiger partial charge in [-0.15, -0.1) is 0 Å². The number of Topliss-reactive ketones (excluding diaryl/α,β-unsaturated/α-hetero) is 1. The molecule has 9 heteroatoms. The SMILES string of the molecule is COc1cc(/C(O)=C2\C(=O)C(=O)N(c3ccccc3O)C2c2c[nH]c3ccccc23)c(OC)cc1Cl. The number of aromatic amines is 1. The van der Waals surface area contributed by atoms with Crippen molar-refractivity contribution < 1.29 is 29.3 Å². The lowest BCUT2D eigenvalue weighted by molar-refractivity contribution is -0.132. The van der Waals surface area contributed by atoms with Gasteiger partial charge in [0.15, 0.2) is 0 Å². The van der Waals surface area contributed by atoms with Crippen LogP contribution in [-0.2, 0) is 9.59 Å². The Labute approximate surface area is 210 Å². The summed E-state index contributed by atoms with van der Waals surface area (Å²) in [6.45, 7) is 0. The Kier molecular flexibility index (Phi) is 5.81. The van der Waals surface area contributed by atoms with Crippen LogP contribution in [0, 0.1) is 0 Å². The first-order valence-corrected chi connectivity index (χ1v) is 11.3. The second-order valence-corrected chi connectivity index (χ2v) is 8.54. The van der Waals surface area contributed by atoms with Gasteiger partial charge in [-0.25, -0.2) is 0 Å². The molecule has 5 rings (SSSR count). The first-order valence-electron chi connectivity index (χ1n) is 10.9. The Morgan fingerprint density at radius 2 is 1.69 bits per heavy atom. The molecule has 182 valence electrons. The Morgan fingerprint density at radius 1 is 1.00 bits per heavy atom. The second kappa shape index (κ2) is 8.98. The van der Waals surface area contributed by atoms with Gasteiger partial charge >= 0.3 is 0 Å². The summed E-state index contributed by atoms with van der Waals surface area (Å²) in [5, 5.41) is 23.1. The summed E-state index contributed by atoms with van der Waals surface area (Å²) >= 11 is 6.23. The van der Waals surface area contributed by atoms with Gasteiger partial charge in [-0.05, 0) is 24.3 Å². The molecular formula is C27H21ClN2O6. The van der Waals surface area contributed by atoms with E-state index in [-0.39, 0.29) is 39.1 Å². The monoisotopic (exact) mass is 504 g/mol. The van der Waals surface area contributed by atoms with Crippen LogP contribution in [0.15, 0.2) is 72.4 Å². The smallest absolute Gasteiger partial charge is 0.300 e. The van der Waals surface area contributed by atoms with E-state index >= 15 is 0 Å². The number of anilines is 1. The fourth-order valence-electron chi connectivity index (χ4n) is 4.55. The zero-order valence-corrected chi connectivity index (χ0v) is 20.0. The summed E-state index contributed by atoms with van der Waals surface area (Å²) in [5.41, 5.74) is 1.43. The number of fused-ring (bicyclic) bond motifs is 1. The molecule has 0 aliphatic carbocycles. The van der Waals surface area contributed by atoms with E-state index in [1.807, 2.05) is 24.3 Å². The van der Waals surface area contributed by atoms with Crippen molar-refractivity contribution in [1.29, 1.82) is 0 Å². The molecule has 36 heavy (non-hydrogen) atoms. The molecule has 1 unspecified atom stereocenters. The van der Waals surface area contributed by atoms with Crippen LogP contribution in [0.25, 0.3) is 16.7 Å². The number of nitrogens with one attached hydrogen (secondary N) is 1. The Morgan fingerprint density at radius 3 is 2.42 bits per heavy atom. The number of hydrogen-bond acceptors (Lipinski definition) is 6. The van der Waals surface area contributed by atoms with Crippen LogP contribution in [-0.4, -0.2) is 41.1 Å². The minimum absolute atomic E-state index is 0.124. The molecule has 0 bridgehead atoms. The molecule has 3 N–H and O–H groups in total. The number of ketones is 1. The van der Waals surface area contributed by atoms with E-state index in [2.05, 4.69) is 4.98 Å². The molecule has 3 aromatic carbocycles. The summed E-state index contributed by atoms with van der Waals surface area (Å²) in [6.07, 6.45) is 1.68. The van der Waals surface area contributed by atoms with Crippen LogP contribution < -0.4 is 14.4 Å². The molecule has 1 amide bonds. The number of aromatic nitrogens is 1. The lowest BCUT2D eigenvalue weighted by atomic mass is 9.94. The van der Waals surface area contributed by atoms with Crippen LogP contribution >= 0.6 is 11.6 Å². The van der Waals surface area contributed by atoms with Gasteiger partial charge in [-0.1, -0.05) is 41.9 Å². The van der Waals surface area contributed by atoms with E-state index in [9.17, 15) is 19.8 Å². The predicted octanol–water partition coefficient (Wildman–Crippen LogP) is 5.17. The highest BCUT2D eigenvalue weighted by molar-refractivity contribution is 6.52. The van der Waals surface area contributed by atoms with Crippen molar-refractivity contribution in [3.63, 3.8) is 0 Å². The third-order valence-corrected chi connectivity index (χ3v) is 6.53. The highest BCUT2D eigenvalue weighted by atomic mass is 35.5. The highest BCUT2D eigenvalue weighted by Crippen LogP contribution is 2.47. The normalized spacial score (nSPS) is 17.1. The number of aliphatic hydroxyl groups excluding tert-OH is 1. The van der Waals surface area contributed by atoms with E-state index in [1.165, 1.54) is 43.4 Å². The van der Waals surface area contributed by atoms with Crippen LogP contribution in [0.2, 0.25) is 5.02 Å². The number of carbonyl (C=O) groups is 2. The van der Waals surface area contributed by atoms with Crippen LogP contribution in [0.3, 0.4) is 0 Å². The van der Waals surface area contributed by atoms with E-state index in [4.69, 9.17) is 21.1 Å². The number of phenols is 1. The Bertz CT molecular complexity index is 1560. The van der Waals surface area contributed by atoms with Gasteiger partial charge in [0, 0.05) is 28.7 Å². The molecule has 0 radical (unpaired) electrons. The number of halogens is 1. The maximum absolute atomic E-state index is 13.5. The minimum Gasteiger partial charge on any atom is -0.507 e. The van der Waals surface area contributed by atoms with E-state index in [0.717, 1.165) is 10.9 Å². The zero-order chi connectivity index (χ0) is 25.6. The van der Waals surface area contributed by atoms with E-state index < -0.39 is 23.5 Å². The van der Waals surface area contributed by atoms with Crippen molar-refractivity contribution in [2.24, 2.45) is 0 Å². The predicted molar refractivity (Wildman–Crippen MR) is 136 cm³/mol. The van der Waals surface area contributed by atoms with Gasteiger partial charge in [0.25, 0.3) is 11.7 Å². The fraction of sp³-hybridized carbons (Fsp3) is 0.111. The van der Waals surface area contributed by atoms with Crippen LogP contribution in [0.4, 0.5) is 5.69 Å². The molecule has 2 heterocycles. The Hall–Kier alpha value is -4.43. The quantitative estimate of drug-likeness (QED) is 0.196.